The van der Waals surface area contributed by atoms with Crippen LogP contribution < -0.4 is 10.1 Å². The number of thiazole rings is 1. The Bertz CT molecular complexity index is 567. The van der Waals surface area contributed by atoms with E-state index in [0.29, 0.717) is 19.3 Å². The van der Waals surface area contributed by atoms with Crippen molar-refractivity contribution in [3.63, 3.8) is 0 Å². The number of ether oxygens (including phenoxy) is 2. The Morgan fingerprint density at radius 1 is 1.24 bits per heavy atom. The molecular weight excluding hydrogens is 284 g/mol. The van der Waals surface area contributed by atoms with Crippen LogP contribution in [0, 0.1) is 0 Å². The fraction of sp³-hybridized carbons (Fsp3) is 0.438. The van der Waals surface area contributed by atoms with Crippen LogP contribution in [0.4, 0.5) is 0 Å². The quantitative estimate of drug-likeness (QED) is 0.814. The summed E-state index contributed by atoms with van der Waals surface area (Å²) in [4.78, 5) is 5.90. The molecule has 1 aliphatic rings. The Hall–Kier alpha value is -1.43. The van der Waals surface area contributed by atoms with Crippen LogP contribution in [0.1, 0.15) is 28.4 Å². The van der Waals surface area contributed by atoms with E-state index < -0.39 is 0 Å². The van der Waals surface area contributed by atoms with Crippen LogP contribution in [-0.2, 0) is 24.5 Å². The van der Waals surface area contributed by atoms with Crippen LogP contribution in [0.25, 0.3) is 0 Å². The molecule has 1 heterocycles. The molecule has 0 atom stereocenters. The molecule has 5 heteroatoms. The van der Waals surface area contributed by atoms with Crippen LogP contribution in [0.5, 0.6) is 5.75 Å². The molecule has 0 radical (unpaired) electrons. The zero-order valence-corrected chi connectivity index (χ0v) is 13.0. The lowest BCUT2D eigenvalue weighted by Gasteiger charge is -2.02. The highest BCUT2D eigenvalue weighted by molar-refractivity contribution is 7.11. The van der Waals surface area contributed by atoms with Crippen molar-refractivity contribution in [2.24, 2.45) is 0 Å². The average molecular weight is 304 g/mol. The second-order valence-electron chi connectivity index (χ2n) is 5.17. The first-order chi connectivity index (χ1) is 10.3. The Morgan fingerprint density at radius 3 is 2.76 bits per heavy atom. The van der Waals surface area contributed by atoms with Gasteiger partial charge in [0.2, 0.25) is 0 Å². The minimum Gasteiger partial charge on any atom is -0.486 e. The molecule has 0 saturated heterocycles. The van der Waals surface area contributed by atoms with E-state index in [9.17, 15) is 0 Å². The Kier molecular flexibility index (Phi) is 4.85. The maximum atomic E-state index is 5.76. The van der Waals surface area contributed by atoms with Crippen LogP contribution in [0.2, 0.25) is 0 Å². The third-order valence-corrected chi connectivity index (χ3v) is 4.41. The molecule has 2 aromatic rings. The highest BCUT2D eigenvalue weighted by Crippen LogP contribution is 2.24. The highest BCUT2D eigenvalue weighted by Gasteiger charge is 2.21. The van der Waals surface area contributed by atoms with Crippen molar-refractivity contribution in [3.05, 3.63) is 45.9 Å². The van der Waals surface area contributed by atoms with Gasteiger partial charge >= 0.3 is 0 Å². The van der Waals surface area contributed by atoms with Crippen LogP contribution in [-0.4, -0.2) is 18.1 Å². The Morgan fingerprint density at radius 2 is 2.05 bits per heavy atom. The molecule has 1 aromatic carbocycles. The number of nitrogens with zero attached hydrogens (tertiary/aromatic N) is 1. The van der Waals surface area contributed by atoms with Gasteiger partial charge in [0.25, 0.3) is 0 Å². The first kappa shape index (κ1) is 14.5. The van der Waals surface area contributed by atoms with Crippen molar-refractivity contribution in [1.29, 1.82) is 0 Å². The van der Waals surface area contributed by atoms with Crippen molar-refractivity contribution in [2.75, 3.05) is 7.11 Å². The van der Waals surface area contributed by atoms with Crippen LogP contribution in [0.15, 0.2) is 30.3 Å². The molecular formula is C16H20N2O2S. The summed E-state index contributed by atoms with van der Waals surface area (Å²) in [5.74, 6) is 0.874. The molecule has 112 valence electrons. The first-order valence-electron chi connectivity index (χ1n) is 7.23. The lowest BCUT2D eigenvalue weighted by atomic mass is 10.3. The number of hydrogen-bond donors (Lipinski definition) is 1. The van der Waals surface area contributed by atoms with Gasteiger partial charge in [0, 0.05) is 24.6 Å². The Labute approximate surface area is 129 Å². The first-order valence-corrected chi connectivity index (χ1v) is 8.04. The number of methoxy groups -OCH3 is 1. The summed E-state index contributed by atoms with van der Waals surface area (Å²) in [6, 6.07) is 10.5. The lowest BCUT2D eigenvalue weighted by Crippen LogP contribution is -2.15. The molecule has 0 unspecified atom stereocenters. The van der Waals surface area contributed by atoms with E-state index in [-0.39, 0.29) is 0 Å². The normalized spacial score (nSPS) is 14.3. The largest absolute Gasteiger partial charge is 0.486 e. The molecule has 0 aliphatic heterocycles. The van der Waals surface area contributed by atoms with E-state index in [1.54, 1.807) is 18.4 Å². The number of para-hydroxylation sites is 1. The molecule has 1 N–H and O–H groups in total. The van der Waals surface area contributed by atoms with E-state index in [2.05, 4.69) is 10.3 Å². The molecule has 1 aliphatic carbocycles. The minimum atomic E-state index is 0.509. The van der Waals surface area contributed by atoms with Crippen LogP contribution >= 0.6 is 11.3 Å². The fourth-order valence-electron chi connectivity index (χ4n) is 2.07. The molecule has 0 amide bonds. The van der Waals surface area contributed by atoms with Gasteiger partial charge in [-0.15, -0.1) is 11.3 Å². The van der Waals surface area contributed by atoms with Crippen molar-refractivity contribution in [2.45, 2.75) is 38.6 Å². The standard InChI is InChI=1S/C16H20N2O2S/c1-19-10-14-15(9-17-12-7-8-12)21-16(18-14)11-20-13-5-3-2-4-6-13/h2-6,12,17H,7-11H2,1H3. The summed E-state index contributed by atoms with van der Waals surface area (Å²) in [7, 11) is 1.71. The summed E-state index contributed by atoms with van der Waals surface area (Å²) >= 11 is 1.71. The fourth-order valence-corrected chi connectivity index (χ4v) is 3.01. The van der Waals surface area contributed by atoms with E-state index in [0.717, 1.165) is 23.0 Å². The van der Waals surface area contributed by atoms with Gasteiger partial charge in [-0.25, -0.2) is 4.98 Å². The van der Waals surface area contributed by atoms with Gasteiger partial charge in [0.15, 0.2) is 0 Å². The summed E-state index contributed by atoms with van der Waals surface area (Å²) in [5.41, 5.74) is 1.03. The summed E-state index contributed by atoms with van der Waals surface area (Å²) in [6.07, 6.45) is 2.59. The molecule has 21 heavy (non-hydrogen) atoms. The number of nitrogens with one attached hydrogen (secondary N) is 1. The zero-order chi connectivity index (χ0) is 14.5. The van der Waals surface area contributed by atoms with Crippen LogP contribution in [0.3, 0.4) is 0 Å². The van der Waals surface area contributed by atoms with E-state index in [1.807, 2.05) is 30.3 Å². The molecule has 1 fully saturated rings. The predicted octanol–water partition coefficient (Wildman–Crippen LogP) is 3.12. The van der Waals surface area contributed by atoms with Gasteiger partial charge < -0.3 is 14.8 Å². The average Bonchev–Trinajstić information content (AvgIpc) is 3.26. The zero-order valence-electron chi connectivity index (χ0n) is 12.2. The molecule has 4 nitrogen and oxygen atoms in total. The third-order valence-electron chi connectivity index (χ3n) is 3.34. The number of benzene rings is 1. The summed E-state index contributed by atoms with van der Waals surface area (Å²) < 4.78 is 11.0. The maximum absolute atomic E-state index is 5.76. The molecule has 0 bridgehead atoms. The highest BCUT2D eigenvalue weighted by atomic mass is 32.1. The van der Waals surface area contributed by atoms with Gasteiger partial charge in [0.1, 0.15) is 17.4 Å². The van der Waals surface area contributed by atoms with Gasteiger partial charge in [-0.1, -0.05) is 18.2 Å². The topological polar surface area (TPSA) is 43.4 Å². The maximum Gasteiger partial charge on any atom is 0.140 e. The molecule has 1 aromatic heterocycles. The van der Waals surface area contributed by atoms with E-state index in [1.165, 1.54) is 17.7 Å². The monoisotopic (exact) mass is 304 g/mol. The van der Waals surface area contributed by atoms with E-state index >= 15 is 0 Å². The van der Waals surface area contributed by atoms with Crippen molar-refractivity contribution >= 4 is 11.3 Å². The lowest BCUT2D eigenvalue weighted by molar-refractivity contribution is 0.180. The van der Waals surface area contributed by atoms with E-state index in [4.69, 9.17) is 9.47 Å². The van der Waals surface area contributed by atoms with Crippen molar-refractivity contribution < 1.29 is 9.47 Å². The smallest absolute Gasteiger partial charge is 0.140 e. The summed E-state index contributed by atoms with van der Waals surface area (Å²) in [5, 5.41) is 4.53. The molecule has 3 rings (SSSR count). The SMILES string of the molecule is COCc1nc(COc2ccccc2)sc1CNC1CC1. The second-order valence-corrected chi connectivity index (χ2v) is 6.34. The molecule has 1 saturated carbocycles. The predicted molar refractivity (Wildman–Crippen MR) is 83.5 cm³/mol. The van der Waals surface area contributed by atoms with Gasteiger partial charge in [0.05, 0.1) is 12.3 Å². The number of rotatable bonds is 8. The number of hydrogen-bond acceptors (Lipinski definition) is 5. The van der Waals surface area contributed by atoms with Gasteiger partial charge in [-0.3, -0.25) is 0 Å². The van der Waals surface area contributed by atoms with Crippen molar-refractivity contribution in [3.8, 4) is 5.75 Å². The number of aromatic nitrogens is 1. The second kappa shape index (κ2) is 7.02. The van der Waals surface area contributed by atoms with Gasteiger partial charge in [-0.2, -0.15) is 0 Å². The van der Waals surface area contributed by atoms with Gasteiger partial charge in [-0.05, 0) is 25.0 Å². The minimum absolute atomic E-state index is 0.509. The molecule has 0 spiro atoms. The third kappa shape index (κ3) is 4.27. The van der Waals surface area contributed by atoms with Crippen molar-refractivity contribution in [1.82, 2.24) is 10.3 Å². The summed E-state index contributed by atoms with van der Waals surface area (Å²) in [6.45, 7) is 1.95. The Balaban J connectivity index is 1.62.